The molecule has 0 N–H and O–H groups in total. The van der Waals surface area contributed by atoms with Gasteiger partial charge < -0.3 is 9.15 Å². The fourth-order valence-electron chi connectivity index (χ4n) is 3.37. The van der Waals surface area contributed by atoms with Crippen LogP contribution in [0.1, 0.15) is 30.7 Å². The van der Waals surface area contributed by atoms with Crippen molar-refractivity contribution in [3.05, 3.63) is 88.7 Å². The van der Waals surface area contributed by atoms with Gasteiger partial charge in [0.1, 0.15) is 11.5 Å². The van der Waals surface area contributed by atoms with Gasteiger partial charge in [0.25, 0.3) is 11.8 Å². The third-order valence-electron chi connectivity index (χ3n) is 4.79. The Morgan fingerprint density at radius 2 is 1.71 bits per heavy atom. The van der Waals surface area contributed by atoms with Crippen molar-refractivity contribution in [2.24, 2.45) is 0 Å². The quantitative estimate of drug-likeness (QED) is 0.454. The third kappa shape index (κ3) is 4.30. The van der Waals surface area contributed by atoms with E-state index in [9.17, 15) is 9.59 Å². The number of thioether (sulfide) groups is 1. The van der Waals surface area contributed by atoms with Gasteiger partial charge in [-0.25, -0.2) is 4.90 Å². The summed E-state index contributed by atoms with van der Waals surface area (Å²) in [6.45, 7) is 5.80. The number of carbonyl (C=O) groups excluding carboxylic acids is 2. The van der Waals surface area contributed by atoms with Gasteiger partial charge in [-0.15, -0.1) is 11.8 Å². The Labute approximate surface area is 185 Å². The summed E-state index contributed by atoms with van der Waals surface area (Å²) in [5.41, 5.74) is 2.65. The molecule has 3 aromatic rings. The number of amides is 2. The predicted molar refractivity (Wildman–Crippen MR) is 123 cm³/mol. The topological polar surface area (TPSA) is 59.8 Å². The third-order valence-corrected chi connectivity index (χ3v) is 5.89. The maximum absolute atomic E-state index is 13.6. The molecule has 0 radical (unpaired) electrons. The van der Waals surface area contributed by atoms with Crippen LogP contribution in [-0.2, 0) is 15.3 Å². The minimum atomic E-state index is -0.351. The van der Waals surface area contributed by atoms with E-state index in [1.165, 1.54) is 16.7 Å². The SMILES string of the molecule is Cc1ccc(C2=C(SCc3ccco3)C(=O)N(c3ccccc3OC(C)C)C2=O)cc1. The van der Waals surface area contributed by atoms with Crippen LogP contribution >= 0.6 is 11.8 Å². The molecule has 1 aliphatic heterocycles. The average molecular weight is 434 g/mol. The number of benzene rings is 2. The number of nitrogens with zero attached hydrogens (tertiary/aromatic N) is 1. The summed E-state index contributed by atoms with van der Waals surface area (Å²) in [7, 11) is 0. The van der Waals surface area contributed by atoms with E-state index in [1.807, 2.05) is 57.2 Å². The van der Waals surface area contributed by atoms with Crippen LogP contribution in [0.3, 0.4) is 0 Å². The zero-order valence-corrected chi connectivity index (χ0v) is 18.4. The molecule has 0 aliphatic carbocycles. The molecular formula is C25H23NO4S. The van der Waals surface area contributed by atoms with Crippen molar-refractivity contribution in [2.45, 2.75) is 32.6 Å². The van der Waals surface area contributed by atoms with Gasteiger partial charge in [-0.3, -0.25) is 9.59 Å². The lowest BCUT2D eigenvalue weighted by Crippen LogP contribution is -2.32. The molecular weight excluding hydrogens is 410 g/mol. The first-order valence-corrected chi connectivity index (χ1v) is 11.0. The van der Waals surface area contributed by atoms with Crippen LogP contribution < -0.4 is 9.64 Å². The van der Waals surface area contributed by atoms with E-state index in [-0.39, 0.29) is 17.9 Å². The van der Waals surface area contributed by atoms with Crippen molar-refractivity contribution in [2.75, 3.05) is 4.90 Å². The second-order valence-corrected chi connectivity index (χ2v) is 8.50. The van der Waals surface area contributed by atoms with Gasteiger partial charge in [0.05, 0.1) is 34.3 Å². The summed E-state index contributed by atoms with van der Waals surface area (Å²) < 4.78 is 11.3. The summed E-state index contributed by atoms with van der Waals surface area (Å²) in [6.07, 6.45) is 1.50. The first-order chi connectivity index (χ1) is 15.0. The molecule has 158 valence electrons. The van der Waals surface area contributed by atoms with Gasteiger partial charge in [0.15, 0.2) is 0 Å². The number of carbonyl (C=O) groups is 2. The first-order valence-electron chi connectivity index (χ1n) is 10.1. The number of hydrogen-bond acceptors (Lipinski definition) is 5. The Morgan fingerprint density at radius 3 is 2.39 bits per heavy atom. The Morgan fingerprint density at radius 1 is 0.968 bits per heavy atom. The van der Waals surface area contributed by atoms with Crippen molar-refractivity contribution in [1.82, 2.24) is 0 Å². The molecule has 2 amide bonds. The van der Waals surface area contributed by atoms with E-state index in [4.69, 9.17) is 9.15 Å². The van der Waals surface area contributed by atoms with Gasteiger partial charge in [0.2, 0.25) is 0 Å². The Balaban J connectivity index is 1.76. The summed E-state index contributed by atoms with van der Waals surface area (Å²) in [5.74, 6) is 0.990. The normalized spacial score (nSPS) is 14.1. The molecule has 0 unspecified atom stereocenters. The lowest BCUT2D eigenvalue weighted by atomic mass is 10.0. The van der Waals surface area contributed by atoms with Crippen LogP contribution in [0.5, 0.6) is 5.75 Å². The first kappa shape index (κ1) is 21.0. The number of imide groups is 1. The highest BCUT2D eigenvalue weighted by Gasteiger charge is 2.41. The van der Waals surface area contributed by atoms with E-state index in [0.29, 0.717) is 27.7 Å². The molecule has 6 heteroatoms. The van der Waals surface area contributed by atoms with E-state index >= 15 is 0 Å². The van der Waals surface area contributed by atoms with Crippen LogP contribution in [-0.4, -0.2) is 17.9 Å². The van der Waals surface area contributed by atoms with Gasteiger partial charge in [0, 0.05) is 0 Å². The standard InChI is InChI=1S/C25H23NO4S/c1-16(2)30-21-9-5-4-8-20(21)26-24(27)22(18-12-10-17(3)11-13-18)23(25(26)28)31-15-19-7-6-14-29-19/h4-14,16H,15H2,1-3H3. The number of ether oxygens (including phenoxy) is 1. The highest BCUT2D eigenvalue weighted by Crippen LogP contribution is 2.42. The number of anilines is 1. The van der Waals surface area contributed by atoms with E-state index < -0.39 is 0 Å². The van der Waals surface area contributed by atoms with Crippen LogP contribution in [0.2, 0.25) is 0 Å². The summed E-state index contributed by atoms with van der Waals surface area (Å²) in [4.78, 5) is 28.7. The molecule has 0 saturated heterocycles. The van der Waals surface area contributed by atoms with Gasteiger partial charge >= 0.3 is 0 Å². The van der Waals surface area contributed by atoms with Gasteiger partial charge in [-0.2, -0.15) is 0 Å². The second-order valence-electron chi connectivity index (χ2n) is 7.52. The zero-order valence-electron chi connectivity index (χ0n) is 17.6. The number of hydrogen-bond donors (Lipinski definition) is 0. The highest BCUT2D eigenvalue weighted by atomic mass is 32.2. The highest BCUT2D eigenvalue weighted by molar-refractivity contribution is 8.03. The van der Waals surface area contributed by atoms with Gasteiger partial charge in [-0.1, -0.05) is 42.0 Å². The molecule has 1 aliphatic rings. The lowest BCUT2D eigenvalue weighted by molar-refractivity contribution is -0.119. The molecule has 0 fully saturated rings. The largest absolute Gasteiger partial charge is 0.489 e. The fraction of sp³-hybridized carbons (Fsp3) is 0.200. The van der Waals surface area contributed by atoms with Crippen molar-refractivity contribution >= 4 is 34.8 Å². The van der Waals surface area contributed by atoms with Crippen molar-refractivity contribution in [1.29, 1.82) is 0 Å². The fourth-order valence-corrected chi connectivity index (χ4v) is 4.39. The minimum Gasteiger partial charge on any atom is -0.489 e. The summed E-state index contributed by atoms with van der Waals surface area (Å²) in [6, 6.07) is 18.4. The lowest BCUT2D eigenvalue weighted by Gasteiger charge is -2.20. The molecule has 1 aromatic heterocycles. The molecule has 5 nitrogen and oxygen atoms in total. The van der Waals surface area contributed by atoms with Crippen molar-refractivity contribution < 1.29 is 18.7 Å². The van der Waals surface area contributed by atoms with E-state index in [0.717, 1.165) is 16.9 Å². The average Bonchev–Trinajstić information content (AvgIpc) is 3.34. The Kier molecular flexibility index (Phi) is 6.00. The smallest absolute Gasteiger partial charge is 0.272 e. The van der Waals surface area contributed by atoms with Crippen LogP contribution in [0.15, 0.2) is 76.2 Å². The van der Waals surface area contributed by atoms with Crippen LogP contribution in [0.4, 0.5) is 5.69 Å². The maximum atomic E-state index is 13.6. The van der Waals surface area contributed by atoms with E-state index in [1.54, 1.807) is 30.5 Å². The zero-order chi connectivity index (χ0) is 22.0. The molecule has 0 atom stereocenters. The van der Waals surface area contributed by atoms with E-state index in [2.05, 4.69) is 0 Å². The number of rotatable bonds is 7. The molecule has 0 spiro atoms. The summed E-state index contributed by atoms with van der Waals surface area (Å²) in [5, 5.41) is 0. The van der Waals surface area contributed by atoms with Crippen molar-refractivity contribution in [3.8, 4) is 5.75 Å². The van der Waals surface area contributed by atoms with Gasteiger partial charge in [-0.05, 0) is 50.6 Å². The molecule has 2 aromatic carbocycles. The minimum absolute atomic E-state index is 0.0914. The number of aryl methyl sites for hydroxylation is 1. The Bertz CT molecular complexity index is 1130. The van der Waals surface area contributed by atoms with Crippen LogP contribution in [0, 0.1) is 6.92 Å². The van der Waals surface area contributed by atoms with Crippen LogP contribution in [0.25, 0.3) is 5.57 Å². The monoisotopic (exact) mass is 433 g/mol. The second kappa shape index (κ2) is 8.86. The number of para-hydroxylation sites is 2. The number of furan rings is 1. The molecule has 4 rings (SSSR count). The Hall–Kier alpha value is -3.25. The molecule has 2 heterocycles. The van der Waals surface area contributed by atoms with Crippen molar-refractivity contribution in [3.63, 3.8) is 0 Å². The molecule has 0 bridgehead atoms. The molecule has 0 saturated carbocycles. The predicted octanol–water partition coefficient (Wildman–Crippen LogP) is 5.59. The summed E-state index contributed by atoms with van der Waals surface area (Å²) >= 11 is 1.31. The maximum Gasteiger partial charge on any atom is 0.272 e. The molecule has 31 heavy (non-hydrogen) atoms.